The Morgan fingerprint density at radius 2 is 1.84 bits per heavy atom. The van der Waals surface area contributed by atoms with Crippen LogP contribution in [0.5, 0.6) is 5.75 Å². The van der Waals surface area contributed by atoms with E-state index in [1.807, 2.05) is 18.2 Å². The summed E-state index contributed by atoms with van der Waals surface area (Å²) in [6.07, 6.45) is 0. The molecule has 0 fully saturated rings. The number of hydrogen-bond donors (Lipinski definition) is 1. The number of fused-ring (bicyclic) bond motifs is 1. The zero-order chi connectivity index (χ0) is 13.5. The molecule has 0 aliphatic heterocycles. The molecule has 1 atom stereocenters. The molecule has 19 heavy (non-hydrogen) atoms. The van der Waals surface area contributed by atoms with Crippen molar-refractivity contribution in [3.63, 3.8) is 0 Å². The van der Waals surface area contributed by atoms with Crippen molar-refractivity contribution < 1.29 is 9.47 Å². The van der Waals surface area contributed by atoms with E-state index in [0.29, 0.717) is 13.2 Å². The lowest BCUT2D eigenvalue weighted by Crippen LogP contribution is -2.38. The van der Waals surface area contributed by atoms with E-state index in [-0.39, 0.29) is 6.04 Å². The van der Waals surface area contributed by atoms with E-state index < -0.39 is 0 Å². The van der Waals surface area contributed by atoms with E-state index in [1.54, 1.807) is 7.11 Å². The van der Waals surface area contributed by atoms with Crippen LogP contribution in [0.4, 0.5) is 0 Å². The monoisotopic (exact) mass is 259 g/mol. The van der Waals surface area contributed by atoms with Crippen LogP contribution in [0.15, 0.2) is 42.5 Å². The van der Waals surface area contributed by atoms with Gasteiger partial charge in [0.1, 0.15) is 12.4 Å². The third kappa shape index (κ3) is 3.94. The SMILES string of the molecule is CCNC(COC)COc1ccc2ccccc2c1. The van der Waals surface area contributed by atoms with Crippen molar-refractivity contribution in [2.75, 3.05) is 26.9 Å². The fraction of sp³-hybridized carbons (Fsp3) is 0.375. The Morgan fingerprint density at radius 3 is 2.58 bits per heavy atom. The summed E-state index contributed by atoms with van der Waals surface area (Å²) in [5.41, 5.74) is 0. The fourth-order valence-corrected chi connectivity index (χ4v) is 2.11. The molecular formula is C16H21NO2. The molecule has 0 aliphatic rings. The van der Waals surface area contributed by atoms with Crippen molar-refractivity contribution in [3.8, 4) is 5.75 Å². The second-order valence-corrected chi connectivity index (χ2v) is 4.53. The van der Waals surface area contributed by atoms with Gasteiger partial charge in [0.25, 0.3) is 0 Å². The lowest BCUT2D eigenvalue weighted by Gasteiger charge is -2.17. The van der Waals surface area contributed by atoms with E-state index >= 15 is 0 Å². The Labute approximate surface area is 114 Å². The van der Waals surface area contributed by atoms with Gasteiger partial charge in [-0.3, -0.25) is 0 Å². The molecule has 1 unspecified atom stereocenters. The van der Waals surface area contributed by atoms with Crippen LogP contribution in [-0.2, 0) is 4.74 Å². The van der Waals surface area contributed by atoms with Gasteiger partial charge in [0.05, 0.1) is 12.6 Å². The molecule has 102 valence electrons. The topological polar surface area (TPSA) is 30.5 Å². The molecule has 0 heterocycles. The fourth-order valence-electron chi connectivity index (χ4n) is 2.11. The standard InChI is InChI=1S/C16H21NO2/c1-3-17-15(11-18-2)12-19-16-9-8-13-6-4-5-7-14(13)10-16/h4-10,15,17H,3,11-12H2,1-2H3. The number of ether oxygens (including phenoxy) is 2. The molecular weight excluding hydrogens is 238 g/mol. The van der Waals surface area contributed by atoms with Crippen molar-refractivity contribution in [1.29, 1.82) is 0 Å². The van der Waals surface area contributed by atoms with E-state index in [4.69, 9.17) is 9.47 Å². The zero-order valence-electron chi connectivity index (χ0n) is 11.6. The van der Waals surface area contributed by atoms with Gasteiger partial charge in [-0.05, 0) is 29.4 Å². The van der Waals surface area contributed by atoms with Gasteiger partial charge in [0.2, 0.25) is 0 Å². The predicted octanol–water partition coefficient (Wildman–Crippen LogP) is 2.84. The van der Waals surface area contributed by atoms with Gasteiger partial charge < -0.3 is 14.8 Å². The third-order valence-electron chi connectivity index (χ3n) is 3.03. The predicted molar refractivity (Wildman–Crippen MR) is 78.8 cm³/mol. The Hall–Kier alpha value is -1.58. The normalized spacial score (nSPS) is 12.5. The number of likely N-dealkylation sites (N-methyl/N-ethyl adjacent to an activating group) is 1. The second kappa shape index (κ2) is 7.12. The summed E-state index contributed by atoms with van der Waals surface area (Å²) in [4.78, 5) is 0. The van der Waals surface area contributed by atoms with Crippen molar-refractivity contribution in [2.24, 2.45) is 0 Å². The number of rotatable bonds is 7. The van der Waals surface area contributed by atoms with Gasteiger partial charge in [-0.15, -0.1) is 0 Å². The maximum Gasteiger partial charge on any atom is 0.120 e. The van der Waals surface area contributed by atoms with Crippen LogP contribution < -0.4 is 10.1 Å². The summed E-state index contributed by atoms with van der Waals surface area (Å²) in [6, 6.07) is 14.7. The van der Waals surface area contributed by atoms with Crippen LogP contribution in [0.1, 0.15) is 6.92 Å². The Balaban J connectivity index is 2.00. The molecule has 2 aromatic carbocycles. The summed E-state index contributed by atoms with van der Waals surface area (Å²) in [5, 5.41) is 5.77. The highest BCUT2D eigenvalue weighted by Crippen LogP contribution is 2.20. The van der Waals surface area contributed by atoms with Crippen LogP contribution in [0, 0.1) is 0 Å². The molecule has 0 amide bonds. The maximum absolute atomic E-state index is 5.84. The van der Waals surface area contributed by atoms with E-state index in [2.05, 4.69) is 36.5 Å². The summed E-state index contributed by atoms with van der Waals surface area (Å²) >= 11 is 0. The molecule has 3 nitrogen and oxygen atoms in total. The largest absolute Gasteiger partial charge is 0.492 e. The molecule has 0 bridgehead atoms. The third-order valence-corrected chi connectivity index (χ3v) is 3.03. The van der Waals surface area contributed by atoms with Gasteiger partial charge >= 0.3 is 0 Å². The molecule has 0 saturated heterocycles. The first kappa shape index (κ1) is 13.8. The van der Waals surface area contributed by atoms with Gasteiger partial charge in [-0.25, -0.2) is 0 Å². The highest BCUT2D eigenvalue weighted by molar-refractivity contribution is 5.83. The molecule has 0 saturated carbocycles. The quantitative estimate of drug-likeness (QED) is 0.829. The van der Waals surface area contributed by atoms with Crippen molar-refractivity contribution in [3.05, 3.63) is 42.5 Å². The summed E-state index contributed by atoms with van der Waals surface area (Å²) in [5.74, 6) is 0.901. The minimum atomic E-state index is 0.224. The number of methoxy groups -OCH3 is 1. The number of nitrogens with one attached hydrogen (secondary N) is 1. The van der Waals surface area contributed by atoms with Gasteiger partial charge in [0, 0.05) is 7.11 Å². The minimum absolute atomic E-state index is 0.224. The Morgan fingerprint density at radius 1 is 1.05 bits per heavy atom. The Kier molecular flexibility index (Phi) is 5.19. The van der Waals surface area contributed by atoms with Crippen LogP contribution in [0.25, 0.3) is 10.8 Å². The highest BCUT2D eigenvalue weighted by Gasteiger charge is 2.07. The van der Waals surface area contributed by atoms with E-state index in [9.17, 15) is 0 Å². The highest BCUT2D eigenvalue weighted by atomic mass is 16.5. The maximum atomic E-state index is 5.84. The summed E-state index contributed by atoms with van der Waals surface area (Å²) in [7, 11) is 1.71. The smallest absolute Gasteiger partial charge is 0.120 e. The lowest BCUT2D eigenvalue weighted by atomic mass is 10.1. The van der Waals surface area contributed by atoms with Crippen LogP contribution >= 0.6 is 0 Å². The Bertz CT molecular complexity index is 507. The average molecular weight is 259 g/mol. The number of hydrogen-bond acceptors (Lipinski definition) is 3. The average Bonchev–Trinajstić information content (AvgIpc) is 2.45. The molecule has 0 aliphatic carbocycles. The molecule has 0 radical (unpaired) electrons. The lowest BCUT2D eigenvalue weighted by molar-refractivity contribution is 0.137. The van der Waals surface area contributed by atoms with E-state index in [1.165, 1.54) is 10.8 Å². The van der Waals surface area contributed by atoms with Gasteiger partial charge in [-0.1, -0.05) is 37.3 Å². The summed E-state index contributed by atoms with van der Waals surface area (Å²) in [6.45, 7) is 4.26. The molecule has 0 spiro atoms. The second-order valence-electron chi connectivity index (χ2n) is 4.53. The molecule has 3 heteroatoms. The first-order chi connectivity index (χ1) is 9.33. The first-order valence-corrected chi connectivity index (χ1v) is 6.67. The molecule has 2 aromatic rings. The van der Waals surface area contributed by atoms with Crippen molar-refractivity contribution in [1.82, 2.24) is 5.32 Å². The molecule has 0 aromatic heterocycles. The van der Waals surface area contributed by atoms with Crippen LogP contribution in [-0.4, -0.2) is 32.9 Å². The van der Waals surface area contributed by atoms with Crippen LogP contribution in [0.3, 0.4) is 0 Å². The van der Waals surface area contributed by atoms with E-state index in [0.717, 1.165) is 12.3 Å². The van der Waals surface area contributed by atoms with Crippen molar-refractivity contribution >= 4 is 10.8 Å². The summed E-state index contributed by atoms with van der Waals surface area (Å²) < 4.78 is 11.0. The molecule has 1 N–H and O–H groups in total. The minimum Gasteiger partial charge on any atom is -0.492 e. The molecule has 2 rings (SSSR count). The van der Waals surface area contributed by atoms with Crippen molar-refractivity contribution in [2.45, 2.75) is 13.0 Å². The number of benzene rings is 2. The van der Waals surface area contributed by atoms with Gasteiger partial charge in [0.15, 0.2) is 0 Å². The van der Waals surface area contributed by atoms with Crippen LogP contribution in [0.2, 0.25) is 0 Å². The van der Waals surface area contributed by atoms with Gasteiger partial charge in [-0.2, -0.15) is 0 Å². The zero-order valence-corrected chi connectivity index (χ0v) is 11.6. The first-order valence-electron chi connectivity index (χ1n) is 6.67.